The molecule has 1 aromatic carbocycles. The van der Waals surface area contributed by atoms with Gasteiger partial charge in [-0.3, -0.25) is 4.79 Å². The second-order valence-corrected chi connectivity index (χ2v) is 3.96. The van der Waals surface area contributed by atoms with E-state index in [1.807, 2.05) is 0 Å². The molecule has 0 aliphatic carbocycles. The molecule has 1 heterocycles. The van der Waals surface area contributed by atoms with Gasteiger partial charge in [-0.25, -0.2) is 0 Å². The summed E-state index contributed by atoms with van der Waals surface area (Å²) < 4.78 is 15.8. The van der Waals surface area contributed by atoms with Gasteiger partial charge in [0.25, 0.3) is 0 Å². The highest BCUT2D eigenvalue weighted by molar-refractivity contribution is 5.98. The van der Waals surface area contributed by atoms with Crippen LogP contribution in [0.15, 0.2) is 6.07 Å². The number of fused-ring (bicyclic) bond motifs is 1. The summed E-state index contributed by atoms with van der Waals surface area (Å²) >= 11 is 0. The van der Waals surface area contributed by atoms with Gasteiger partial charge in [-0.2, -0.15) is 0 Å². The summed E-state index contributed by atoms with van der Waals surface area (Å²) in [6.45, 7) is 0. The zero-order valence-corrected chi connectivity index (χ0v) is 10.6. The van der Waals surface area contributed by atoms with E-state index in [-0.39, 0.29) is 12.3 Å². The first kappa shape index (κ1) is 12.5. The van der Waals surface area contributed by atoms with E-state index in [0.717, 1.165) is 5.56 Å². The van der Waals surface area contributed by atoms with Gasteiger partial charge in [0, 0.05) is 24.1 Å². The fourth-order valence-corrected chi connectivity index (χ4v) is 2.14. The Hall–Kier alpha value is -1.95. The Morgan fingerprint density at radius 2 is 1.89 bits per heavy atom. The summed E-state index contributed by atoms with van der Waals surface area (Å²) in [6, 6.07) is 1.29. The zero-order chi connectivity index (χ0) is 13.3. The molecule has 0 radical (unpaired) electrons. The molecule has 0 fully saturated rings. The average Bonchev–Trinajstić information content (AvgIpc) is 2.36. The molecular weight excluding hydrogens is 236 g/mol. The number of amides is 1. The Morgan fingerprint density at radius 1 is 1.22 bits per heavy atom. The summed E-state index contributed by atoms with van der Waals surface area (Å²) in [5.41, 5.74) is 7.25. The standard InChI is InChI=1S/C12H16N2O4/c1-16-7-5-8(17-2)12(18-3)11-10(7)6(13)4-9(15)14-11/h5-6H,4,13H2,1-3H3,(H,14,15). The summed E-state index contributed by atoms with van der Waals surface area (Å²) in [5.74, 6) is 1.37. The van der Waals surface area contributed by atoms with Crippen molar-refractivity contribution in [1.29, 1.82) is 0 Å². The van der Waals surface area contributed by atoms with E-state index in [1.54, 1.807) is 13.2 Å². The lowest BCUT2D eigenvalue weighted by Crippen LogP contribution is -2.28. The van der Waals surface area contributed by atoms with Crippen molar-refractivity contribution in [2.24, 2.45) is 5.73 Å². The van der Waals surface area contributed by atoms with Crippen LogP contribution in [0.2, 0.25) is 0 Å². The van der Waals surface area contributed by atoms with E-state index >= 15 is 0 Å². The topological polar surface area (TPSA) is 82.8 Å². The van der Waals surface area contributed by atoms with E-state index in [9.17, 15) is 4.79 Å². The number of hydrogen-bond acceptors (Lipinski definition) is 5. The van der Waals surface area contributed by atoms with Crippen molar-refractivity contribution >= 4 is 11.6 Å². The lowest BCUT2D eigenvalue weighted by atomic mass is 9.96. The van der Waals surface area contributed by atoms with Gasteiger partial charge in [0.1, 0.15) is 5.75 Å². The Labute approximate surface area is 105 Å². The molecule has 1 amide bonds. The number of hydrogen-bond donors (Lipinski definition) is 2. The maximum Gasteiger partial charge on any atom is 0.226 e. The van der Waals surface area contributed by atoms with Gasteiger partial charge in [-0.15, -0.1) is 0 Å². The molecule has 1 aromatic rings. The van der Waals surface area contributed by atoms with Gasteiger partial charge in [-0.05, 0) is 0 Å². The van der Waals surface area contributed by atoms with Crippen molar-refractivity contribution in [2.75, 3.05) is 26.6 Å². The Bertz CT molecular complexity index is 487. The average molecular weight is 252 g/mol. The number of carbonyl (C=O) groups excluding carboxylic acids is 1. The predicted octanol–water partition coefficient (Wildman–Crippen LogP) is 1.05. The van der Waals surface area contributed by atoms with Gasteiger partial charge in [0.05, 0.1) is 27.0 Å². The Morgan fingerprint density at radius 3 is 2.44 bits per heavy atom. The first-order valence-electron chi connectivity index (χ1n) is 5.50. The zero-order valence-electron chi connectivity index (χ0n) is 10.6. The Balaban J connectivity index is 2.69. The highest BCUT2D eigenvalue weighted by Gasteiger charge is 2.30. The minimum Gasteiger partial charge on any atom is -0.496 e. The highest BCUT2D eigenvalue weighted by Crippen LogP contribution is 2.47. The van der Waals surface area contributed by atoms with Gasteiger partial charge < -0.3 is 25.3 Å². The number of ether oxygens (including phenoxy) is 3. The van der Waals surface area contributed by atoms with Crippen LogP contribution in [0.5, 0.6) is 17.2 Å². The molecule has 1 aliphatic heterocycles. The molecule has 1 unspecified atom stereocenters. The van der Waals surface area contributed by atoms with Crippen molar-refractivity contribution in [3.63, 3.8) is 0 Å². The van der Waals surface area contributed by atoms with E-state index in [2.05, 4.69) is 5.32 Å². The fourth-order valence-electron chi connectivity index (χ4n) is 2.14. The summed E-state index contributed by atoms with van der Waals surface area (Å²) in [7, 11) is 4.58. The number of carbonyl (C=O) groups is 1. The minimum atomic E-state index is -0.413. The molecule has 6 nitrogen and oxygen atoms in total. The maximum absolute atomic E-state index is 11.6. The SMILES string of the molecule is COc1cc(OC)c2c(c1OC)NC(=O)CC2N. The second kappa shape index (κ2) is 4.73. The third-order valence-electron chi connectivity index (χ3n) is 2.93. The van der Waals surface area contributed by atoms with Crippen molar-refractivity contribution in [3.05, 3.63) is 11.6 Å². The minimum absolute atomic E-state index is 0.149. The molecule has 0 saturated heterocycles. The largest absolute Gasteiger partial charge is 0.496 e. The van der Waals surface area contributed by atoms with Crippen LogP contribution in [-0.4, -0.2) is 27.2 Å². The predicted molar refractivity (Wildman–Crippen MR) is 66.3 cm³/mol. The van der Waals surface area contributed by atoms with Crippen molar-refractivity contribution in [1.82, 2.24) is 0 Å². The van der Waals surface area contributed by atoms with Gasteiger partial charge >= 0.3 is 0 Å². The molecule has 1 atom stereocenters. The first-order valence-corrected chi connectivity index (χ1v) is 5.50. The van der Waals surface area contributed by atoms with Crippen LogP contribution in [0.3, 0.4) is 0 Å². The van der Waals surface area contributed by atoms with Gasteiger partial charge in [-0.1, -0.05) is 0 Å². The first-order chi connectivity index (χ1) is 8.62. The van der Waals surface area contributed by atoms with Crippen LogP contribution in [0, 0.1) is 0 Å². The molecule has 6 heteroatoms. The molecule has 0 bridgehead atoms. The van der Waals surface area contributed by atoms with Gasteiger partial charge in [0.15, 0.2) is 11.5 Å². The van der Waals surface area contributed by atoms with Crippen LogP contribution in [0.4, 0.5) is 5.69 Å². The fraction of sp³-hybridized carbons (Fsp3) is 0.417. The summed E-state index contributed by atoms with van der Waals surface area (Å²) in [4.78, 5) is 11.6. The number of methoxy groups -OCH3 is 3. The quantitative estimate of drug-likeness (QED) is 0.840. The summed E-state index contributed by atoms with van der Waals surface area (Å²) in [5, 5.41) is 2.76. The molecular formula is C12H16N2O4. The molecule has 0 spiro atoms. The second-order valence-electron chi connectivity index (χ2n) is 3.96. The normalized spacial score (nSPS) is 17.8. The molecule has 0 saturated carbocycles. The van der Waals surface area contributed by atoms with Crippen molar-refractivity contribution < 1.29 is 19.0 Å². The van der Waals surface area contributed by atoms with Crippen LogP contribution < -0.4 is 25.3 Å². The molecule has 1 aliphatic rings. The molecule has 3 N–H and O–H groups in total. The van der Waals surface area contributed by atoms with Crippen LogP contribution in [0.1, 0.15) is 18.0 Å². The smallest absolute Gasteiger partial charge is 0.226 e. The van der Waals surface area contributed by atoms with E-state index < -0.39 is 6.04 Å². The highest BCUT2D eigenvalue weighted by atomic mass is 16.5. The third kappa shape index (κ3) is 1.84. The lowest BCUT2D eigenvalue weighted by molar-refractivity contribution is -0.116. The molecule has 98 valence electrons. The van der Waals surface area contributed by atoms with E-state index in [4.69, 9.17) is 19.9 Å². The van der Waals surface area contributed by atoms with Crippen molar-refractivity contribution in [3.8, 4) is 17.2 Å². The number of anilines is 1. The van der Waals surface area contributed by atoms with Crippen LogP contribution in [0.25, 0.3) is 0 Å². The van der Waals surface area contributed by atoms with Crippen LogP contribution in [-0.2, 0) is 4.79 Å². The van der Waals surface area contributed by atoms with E-state index in [1.165, 1.54) is 14.2 Å². The number of nitrogens with one attached hydrogen (secondary N) is 1. The molecule has 18 heavy (non-hydrogen) atoms. The maximum atomic E-state index is 11.6. The molecule has 2 rings (SSSR count). The van der Waals surface area contributed by atoms with Crippen molar-refractivity contribution in [2.45, 2.75) is 12.5 Å². The Kier molecular flexibility index (Phi) is 3.29. The van der Waals surface area contributed by atoms with Gasteiger partial charge in [0.2, 0.25) is 5.91 Å². The monoisotopic (exact) mass is 252 g/mol. The van der Waals surface area contributed by atoms with Crippen LogP contribution >= 0.6 is 0 Å². The van der Waals surface area contributed by atoms with E-state index in [0.29, 0.717) is 22.9 Å². The molecule has 0 aromatic heterocycles. The number of nitrogens with two attached hydrogens (primary N) is 1. The number of rotatable bonds is 3. The summed E-state index contributed by atoms with van der Waals surface area (Å²) in [6.07, 6.45) is 0.221. The third-order valence-corrected chi connectivity index (χ3v) is 2.93. The number of benzene rings is 1. The lowest BCUT2D eigenvalue weighted by Gasteiger charge is -2.27.